The molecule has 2 N–H and O–H groups in total. The Morgan fingerprint density at radius 2 is 1.73 bits per heavy atom. The Bertz CT molecular complexity index is 1490. The first-order chi connectivity index (χ1) is 17.6. The van der Waals surface area contributed by atoms with Crippen LogP contribution < -0.4 is 0 Å². The third kappa shape index (κ3) is 4.81. The van der Waals surface area contributed by atoms with Gasteiger partial charge in [0.1, 0.15) is 5.82 Å². The fourth-order valence-electron chi connectivity index (χ4n) is 5.67. The molecule has 1 fully saturated rings. The van der Waals surface area contributed by atoms with Crippen molar-refractivity contribution in [2.45, 2.75) is 31.6 Å². The van der Waals surface area contributed by atoms with Crippen LogP contribution in [-0.2, 0) is 9.59 Å². The number of rotatable bonds is 7. The third-order valence-corrected chi connectivity index (χ3v) is 7.63. The number of aromatic nitrogens is 2. The van der Waals surface area contributed by atoms with Crippen LogP contribution in [0.15, 0.2) is 60.9 Å². The van der Waals surface area contributed by atoms with Crippen LogP contribution in [0, 0.1) is 5.82 Å². The lowest BCUT2D eigenvalue weighted by atomic mass is 9.97. The molecule has 4 aromatic rings. The number of benzene rings is 2. The molecule has 2 aromatic carbocycles. The lowest BCUT2D eigenvalue weighted by Gasteiger charge is -2.26. The molecule has 6 rings (SSSR count). The number of aromatic amines is 2. The Kier molecular flexibility index (Phi) is 7.17. The summed E-state index contributed by atoms with van der Waals surface area (Å²) >= 11 is 0. The Hall–Kier alpha value is -3.42. The van der Waals surface area contributed by atoms with Gasteiger partial charge in [0.2, 0.25) is 11.8 Å². The fourth-order valence-corrected chi connectivity index (χ4v) is 5.67. The van der Waals surface area contributed by atoms with Gasteiger partial charge in [0.25, 0.3) is 0 Å². The zero-order valence-corrected chi connectivity index (χ0v) is 21.3. The first-order valence-electron chi connectivity index (χ1n) is 12.7. The van der Waals surface area contributed by atoms with Gasteiger partial charge in [-0.25, -0.2) is 4.39 Å². The van der Waals surface area contributed by atoms with E-state index in [9.17, 15) is 14.0 Å². The summed E-state index contributed by atoms with van der Waals surface area (Å²) in [5.74, 6) is -0.761. The number of halogens is 2. The molecule has 0 saturated carbocycles. The number of likely N-dealkylation sites (tertiary alicyclic amines) is 1. The van der Waals surface area contributed by atoms with Crippen LogP contribution in [0.25, 0.3) is 27.4 Å². The van der Waals surface area contributed by atoms with Gasteiger partial charge in [-0.1, -0.05) is 24.3 Å². The number of nitrogens with zero attached hydrogens (tertiary/aromatic N) is 2. The number of amides is 2. The summed E-state index contributed by atoms with van der Waals surface area (Å²) in [6.45, 7) is 3.19. The van der Waals surface area contributed by atoms with Crippen molar-refractivity contribution in [1.82, 2.24) is 19.8 Å². The van der Waals surface area contributed by atoms with Gasteiger partial charge in [0, 0.05) is 65.8 Å². The molecular weight excluding hydrogens is 491 g/mol. The molecule has 0 bridgehead atoms. The smallest absolute Gasteiger partial charge is 0.237 e. The van der Waals surface area contributed by atoms with E-state index in [1.165, 1.54) is 16.5 Å². The van der Waals surface area contributed by atoms with Gasteiger partial charge in [0.15, 0.2) is 0 Å². The van der Waals surface area contributed by atoms with Gasteiger partial charge >= 0.3 is 0 Å². The average Bonchev–Trinajstić information content (AvgIpc) is 3.58. The zero-order chi connectivity index (χ0) is 24.6. The average molecular weight is 521 g/mol. The van der Waals surface area contributed by atoms with Crippen molar-refractivity contribution < 1.29 is 14.0 Å². The number of fused-ring (bicyclic) bond motifs is 2. The highest BCUT2D eigenvalue weighted by Gasteiger charge is 2.40. The van der Waals surface area contributed by atoms with Gasteiger partial charge in [0.05, 0.1) is 5.92 Å². The quantitative estimate of drug-likeness (QED) is 0.245. The van der Waals surface area contributed by atoms with E-state index < -0.39 is 5.92 Å². The number of imide groups is 1. The van der Waals surface area contributed by atoms with Crippen molar-refractivity contribution in [3.8, 4) is 0 Å². The van der Waals surface area contributed by atoms with Crippen LogP contribution in [-0.4, -0.2) is 57.8 Å². The summed E-state index contributed by atoms with van der Waals surface area (Å²) in [5, 5.41) is 1.95. The summed E-state index contributed by atoms with van der Waals surface area (Å²) < 4.78 is 13.7. The van der Waals surface area contributed by atoms with Crippen molar-refractivity contribution in [2.24, 2.45) is 0 Å². The van der Waals surface area contributed by atoms with Gasteiger partial charge in [-0.15, -0.1) is 12.4 Å². The van der Waals surface area contributed by atoms with E-state index in [0.29, 0.717) is 6.54 Å². The predicted octanol–water partition coefficient (Wildman–Crippen LogP) is 5.62. The largest absolute Gasteiger partial charge is 0.361 e. The molecule has 4 heterocycles. The van der Waals surface area contributed by atoms with E-state index in [2.05, 4.69) is 20.9 Å². The van der Waals surface area contributed by atoms with E-state index >= 15 is 0 Å². The lowest BCUT2D eigenvalue weighted by Crippen LogP contribution is -2.33. The molecular formula is C29H30ClFN4O2. The molecule has 2 aromatic heterocycles. The minimum absolute atomic E-state index is 0. The molecule has 2 amide bonds. The summed E-state index contributed by atoms with van der Waals surface area (Å²) in [4.78, 5) is 36.0. The number of hydrogen-bond donors (Lipinski definition) is 2. The highest BCUT2D eigenvalue weighted by Crippen LogP contribution is 2.34. The normalized spacial score (nSPS) is 18.6. The van der Waals surface area contributed by atoms with E-state index in [1.54, 1.807) is 12.1 Å². The van der Waals surface area contributed by atoms with E-state index in [-0.39, 0.29) is 36.5 Å². The first kappa shape index (κ1) is 25.2. The van der Waals surface area contributed by atoms with Crippen molar-refractivity contribution in [3.63, 3.8) is 0 Å². The van der Waals surface area contributed by atoms with Gasteiger partial charge in [-0.3, -0.25) is 19.4 Å². The highest BCUT2D eigenvalue weighted by atomic mass is 35.5. The fraction of sp³-hybridized carbons (Fsp3) is 0.310. The van der Waals surface area contributed by atoms with Gasteiger partial charge < -0.3 is 9.97 Å². The number of para-hydroxylation sites is 1. The van der Waals surface area contributed by atoms with Crippen LogP contribution in [0.1, 0.15) is 42.7 Å². The number of hydrogen-bond acceptors (Lipinski definition) is 3. The molecule has 37 heavy (non-hydrogen) atoms. The number of nitrogens with one attached hydrogen (secondary N) is 2. The van der Waals surface area contributed by atoms with Crippen LogP contribution >= 0.6 is 12.4 Å². The maximum absolute atomic E-state index is 13.7. The number of unbranched alkanes of at least 4 members (excludes halogenated alkanes) is 1. The second-order valence-electron chi connectivity index (χ2n) is 9.81. The molecule has 8 heteroatoms. The maximum Gasteiger partial charge on any atom is 0.237 e. The second-order valence-corrected chi connectivity index (χ2v) is 9.81. The van der Waals surface area contributed by atoms with Crippen LogP contribution in [0.2, 0.25) is 0 Å². The van der Waals surface area contributed by atoms with Crippen LogP contribution in [0.4, 0.5) is 4.39 Å². The Labute approximate surface area is 220 Å². The standard InChI is InChI=1S/C29H29FN4O2.ClH/c30-20-7-8-27-22(15-20)24(17-31-27)19-9-13-33(14-10-19)11-3-4-12-34-28(35)16-23(29(34)36)25-18-32-26-6-2-1-5-21(25)26;/h1-2,5-9,15,17-18,23,31-32H,3-4,10-14,16H2;1H. The number of H-pyrrole nitrogens is 2. The predicted molar refractivity (Wildman–Crippen MR) is 146 cm³/mol. The lowest BCUT2D eigenvalue weighted by molar-refractivity contribution is -0.138. The first-order valence-corrected chi connectivity index (χ1v) is 12.7. The molecule has 1 unspecified atom stereocenters. The van der Waals surface area contributed by atoms with Crippen molar-refractivity contribution >= 4 is 51.6 Å². The zero-order valence-electron chi connectivity index (χ0n) is 20.5. The SMILES string of the molecule is Cl.O=C1CC(c2c[nH]c3ccccc23)C(=O)N1CCCCN1CC=C(c2c[nH]c3ccc(F)cc23)CC1. The molecule has 192 valence electrons. The van der Waals surface area contributed by atoms with Gasteiger partial charge in [-0.2, -0.15) is 0 Å². The Morgan fingerprint density at radius 1 is 0.946 bits per heavy atom. The monoisotopic (exact) mass is 520 g/mol. The minimum atomic E-state index is -0.391. The molecule has 0 spiro atoms. The van der Waals surface area contributed by atoms with E-state index in [0.717, 1.165) is 71.8 Å². The molecule has 0 aliphatic carbocycles. The molecule has 2 aliphatic heterocycles. The maximum atomic E-state index is 13.7. The Balaban J connectivity index is 0.00000280. The summed E-state index contributed by atoms with van der Waals surface area (Å²) in [5.41, 5.74) is 5.19. The summed E-state index contributed by atoms with van der Waals surface area (Å²) in [7, 11) is 0. The number of carbonyl (C=O) groups excluding carboxylic acids is 2. The molecule has 1 atom stereocenters. The van der Waals surface area contributed by atoms with Crippen molar-refractivity contribution in [2.75, 3.05) is 26.2 Å². The second kappa shape index (κ2) is 10.5. The minimum Gasteiger partial charge on any atom is -0.361 e. The van der Waals surface area contributed by atoms with Gasteiger partial charge in [-0.05, 0) is 61.2 Å². The molecule has 1 saturated heterocycles. The highest BCUT2D eigenvalue weighted by molar-refractivity contribution is 6.08. The van der Waals surface area contributed by atoms with Crippen LogP contribution in [0.5, 0.6) is 0 Å². The molecule has 0 radical (unpaired) electrons. The molecule has 2 aliphatic rings. The number of carbonyl (C=O) groups is 2. The topological polar surface area (TPSA) is 72.2 Å². The van der Waals surface area contributed by atoms with E-state index in [4.69, 9.17) is 0 Å². The van der Waals surface area contributed by atoms with Crippen molar-refractivity contribution in [1.29, 1.82) is 0 Å². The van der Waals surface area contributed by atoms with Crippen molar-refractivity contribution in [3.05, 3.63) is 77.9 Å². The Morgan fingerprint density at radius 3 is 2.57 bits per heavy atom. The van der Waals surface area contributed by atoms with E-state index in [1.807, 2.05) is 36.7 Å². The third-order valence-electron chi connectivity index (χ3n) is 7.63. The summed E-state index contributed by atoms with van der Waals surface area (Å²) in [6, 6.07) is 12.7. The molecule has 6 nitrogen and oxygen atoms in total. The summed E-state index contributed by atoms with van der Waals surface area (Å²) in [6.07, 6.45) is 8.96. The van der Waals surface area contributed by atoms with Crippen LogP contribution in [0.3, 0.4) is 0 Å².